The minimum Gasteiger partial charge on any atom is -0.496 e. The molecule has 1 atom stereocenters. The molecule has 0 unspecified atom stereocenters. The van der Waals surface area contributed by atoms with Crippen molar-refractivity contribution in [2.45, 2.75) is 31.3 Å². The molecule has 5 nitrogen and oxygen atoms in total. The van der Waals surface area contributed by atoms with E-state index in [0.29, 0.717) is 12.1 Å². The number of nitrogens with zero attached hydrogens (tertiary/aromatic N) is 3. The molecule has 2 aliphatic heterocycles. The average Bonchev–Trinajstić information content (AvgIpc) is 2.70. The molecule has 2 heterocycles. The van der Waals surface area contributed by atoms with Crippen molar-refractivity contribution in [1.29, 1.82) is 0 Å². The second kappa shape index (κ2) is 10.2. The molecule has 0 amide bonds. The molecule has 0 saturated carbocycles. The number of aliphatic hydroxyl groups is 1. The SMILES string of the molecule is COc1ccccc1/C=C/CN1CCN(C2CCN(C)CC2)[C@@H](CCO)C1. The van der Waals surface area contributed by atoms with Gasteiger partial charge in [0.1, 0.15) is 5.75 Å². The van der Waals surface area contributed by atoms with Gasteiger partial charge >= 0.3 is 0 Å². The summed E-state index contributed by atoms with van der Waals surface area (Å²) < 4.78 is 5.42. The lowest BCUT2D eigenvalue weighted by atomic mass is 9.98. The summed E-state index contributed by atoms with van der Waals surface area (Å²) in [6, 6.07) is 9.28. The molecule has 2 saturated heterocycles. The first kappa shape index (κ1) is 20.3. The van der Waals surface area contributed by atoms with Crippen LogP contribution in [0.25, 0.3) is 6.08 Å². The van der Waals surface area contributed by atoms with Crippen LogP contribution in [0.1, 0.15) is 24.8 Å². The van der Waals surface area contributed by atoms with Crippen molar-refractivity contribution in [1.82, 2.24) is 14.7 Å². The zero-order chi connectivity index (χ0) is 19.1. The summed E-state index contributed by atoms with van der Waals surface area (Å²) in [5.74, 6) is 0.916. The molecule has 1 aromatic carbocycles. The molecular formula is C22H35N3O2. The van der Waals surface area contributed by atoms with Gasteiger partial charge in [0.25, 0.3) is 0 Å². The number of rotatable bonds is 7. The lowest BCUT2D eigenvalue weighted by Gasteiger charge is -2.47. The predicted octanol–water partition coefficient (Wildman–Crippen LogP) is 2.17. The molecule has 0 aliphatic carbocycles. The Morgan fingerprint density at radius 2 is 1.93 bits per heavy atom. The monoisotopic (exact) mass is 373 g/mol. The second-order valence-corrected chi connectivity index (χ2v) is 7.84. The Morgan fingerprint density at radius 3 is 2.67 bits per heavy atom. The van der Waals surface area contributed by atoms with Crippen LogP contribution in [0.5, 0.6) is 5.75 Å². The molecule has 1 N–H and O–H groups in total. The molecule has 2 fully saturated rings. The van der Waals surface area contributed by atoms with Crippen LogP contribution in [0.4, 0.5) is 0 Å². The molecule has 150 valence electrons. The third-order valence-electron chi connectivity index (χ3n) is 6.03. The number of aliphatic hydroxyl groups excluding tert-OH is 1. The second-order valence-electron chi connectivity index (χ2n) is 7.84. The lowest BCUT2D eigenvalue weighted by molar-refractivity contribution is 0.0122. The van der Waals surface area contributed by atoms with Crippen molar-refractivity contribution in [3.8, 4) is 5.75 Å². The first-order valence-corrected chi connectivity index (χ1v) is 10.3. The van der Waals surface area contributed by atoms with Crippen LogP contribution < -0.4 is 4.74 Å². The predicted molar refractivity (Wildman–Crippen MR) is 111 cm³/mol. The Kier molecular flexibility index (Phi) is 7.70. The number of hydrogen-bond acceptors (Lipinski definition) is 5. The standard InChI is InChI=1S/C22H35N3O2/c1-23-13-9-20(10-14-23)25-16-15-24(18-21(25)11-17-26)12-5-7-19-6-3-4-8-22(19)27-2/h3-8,20-21,26H,9-18H2,1-2H3/b7-5+/t21-/m0/s1. The third kappa shape index (κ3) is 5.55. The van der Waals surface area contributed by atoms with Crippen molar-refractivity contribution < 1.29 is 9.84 Å². The Hall–Kier alpha value is -1.40. The number of methoxy groups -OCH3 is 1. The normalized spacial score (nSPS) is 23.9. The van der Waals surface area contributed by atoms with Crippen LogP contribution in [-0.2, 0) is 0 Å². The van der Waals surface area contributed by atoms with E-state index in [1.807, 2.05) is 18.2 Å². The average molecular weight is 374 g/mol. The Balaban J connectivity index is 1.55. The number of benzene rings is 1. The summed E-state index contributed by atoms with van der Waals surface area (Å²) in [5.41, 5.74) is 1.12. The van der Waals surface area contributed by atoms with E-state index in [4.69, 9.17) is 4.74 Å². The molecular weight excluding hydrogens is 338 g/mol. The van der Waals surface area contributed by atoms with Crippen molar-refractivity contribution in [2.24, 2.45) is 0 Å². The van der Waals surface area contributed by atoms with Crippen LogP contribution in [0.2, 0.25) is 0 Å². The molecule has 1 aromatic rings. The van der Waals surface area contributed by atoms with Gasteiger partial charge < -0.3 is 14.7 Å². The number of ether oxygens (including phenoxy) is 1. The van der Waals surface area contributed by atoms with Crippen molar-refractivity contribution >= 4 is 6.08 Å². The number of hydrogen-bond donors (Lipinski definition) is 1. The van der Waals surface area contributed by atoms with Crippen LogP contribution in [0.15, 0.2) is 30.3 Å². The first-order valence-electron chi connectivity index (χ1n) is 10.3. The largest absolute Gasteiger partial charge is 0.496 e. The summed E-state index contributed by atoms with van der Waals surface area (Å²) in [6.45, 7) is 6.87. The maximum atomic E-state index is 9.56. The fraction of sp³-hybridized carbons (Fsp3) is 0.636. The van der Waals surface area contributed by atoms with E-state index in [9.17, 15) is 5.11 Å². The van der Waals surface area contributed by atoms with Crippen LogP contribution in [0.3, 0.4) is 0 Å². The zero-order valence-electron chi connectivity index (χ0n) is 16.9. The molecule has 2 aliphatic rings. The van der Waals surface area contributed by atoms with Gasteiger partial charge in [0, 0.05) is 50.4 Å². The highest BCUT2D eigenvalue weighted by Gasteiger charge is 2.32. The van der Waals surface area contributed by atoms with E-state index < -0.39 is 0 Å². The fourth-order valence-electron chi connectivity index (χ4n) is 4.45. The number of para-hydroxylation sites is 1. The quantitative estimate of drug-likeness (QED) is 0.793. The van der Waals surface area contributed by atoms with E-state index in [1.54, 1.807) is 7.11 Å². The first-order chi connectivity index (χ1) is 13.2. The lowest BCUT2D eigenvalue weighted by Crippen LogP contribution is -2.58. The van der Waals surface area contributed by atoms with Gasteiger partial charge in [-0.25, -0.2) is 0 Å². The minimum atomic E-state index is 0.276. The summed E-state index contributed by atoms with van der Waals surface area (Å²) >= 11 is 0. The van der Waals surface area contributed by atoms with E-state index in [1.165, 1.54) is 25.9 Å². The van der Waals surface area contributed by atoms with Crippen molar-refractivity contribution in [3.63, 3.8) is 0 Å². The number of likely N-dealkylation sites (tertiary alicyclic amines) is 1. The topological polar surface area (TPSA) is 39.2 Å². The fourth-order valence-corrected chi connectivity index (χ4v) is 4.45. The molecule has 3 rings (SSSR count). The van der Waals surface area contributed by atoms with Crippen LogP contribution in [-0.4, -0.2) is 91.9 Å². The van der Waals surface area contributed by atoms with Gasteiger partial charge in [-0.3, -0.25) is 9.80 Å². The van der Waals surface area contributed by atoms with Crippen molar-refractivity contribution in [2.75, 3.05) is 60.0 Å². The maximum Gasteiger partial charge on any atom is 0.126 e. The highest BCUT2D eigenvalue weighted by Crippen LogP contribution is 2.23. The molecule has 0 bridgehead atoms. The van der Waals surface area contributed by atoms with E-state index in [0.717, 1.165) is 43.9 Å². The maximum absolute atomic E-state index is 9.56. The minimum absolute atomic E-state index is 0.276. The Bertz CT molecular complexity index is 599. The molecule has 27 heavy (non-hydrogen) atoms. The van der Waals surface area contributed by atoms with Crippen molar-refractivity contribution in [3.05, 3.63) is 35.9 Å². The highest BCUT2D eigenvalue weighted by atomic mass is 16.5. The zero-order valence-corrected chi connectivity index (χ0v) is 16.9. The van der Waals surface area contributed by atoms with Gasteiger partial charge in [-0.05, 0) is 45.5 Å². The van der Waals surface area contributed by atoms with Gasteiger partial charge in [-0.1, -0.05) is 30.4 Å². The Morgan fingerprint density at radius 1 is 1.15 bits per heavy atom. The van der Waals surface area contributed by atoms with Gasteiger partial charge in [0.15, 0.2) is 0 Å². The third-order valence-corrected chi connectivity index (χ3v) is 6.03. The van der Waals surface area contributed by atoms with E-state index in [-0.39, 0.29) is 6.61 Å². The molecule has 0 spiro atoms. The summed E-state index contributed by atoms with van der Waals surface area (Å²) in [6.07, 6.45) is 7.78. The summed E-state index contributed by atoms with van der Waals surface area (Å²) in [5, 5.41) is 9.56. The van der Waals surface area contributed by atoms with Crippen LogP contribution in [0, 0.1) is 0 Å². The smallest absolute Gasteiger partial charge is 0.126 e. The van der Waals surface area contributed by atoms with E-state index in [2.05, 4.69) is 40.0 Å². The summed E-state index contributed by atoms with van der Waals surface area (Å²) in [7, 11) is 3.93. The molecule has 5 heteroatoms. The van der Waals surface area contributed by atoms with Crippen LogP contribution >= 0.6 is 0 Å². The summed E-state index contributed by atoms with van der Waals surface area (Å²) in [4.78, 5) is 7.62. The van der Waals surface area contributed by atoms with Gasteiger partial charge in [-0.2, -0.15) is 0 Å². The highest BCUT2D eigenvalue weighted by molar-refractivity contribution is 5.57. The number of piperidine rings is 1. The molecule has 0 radical (unpaired) electrons. The number of piperazine rings is 1. The van der Waals surface area contributed by atoms with Gasteiger partial charge in [0.2, 0.25) is 0 Å². The molecule has 0 aromatic heterocycles. The van der Waals surface area contributed by atoms with E-state index >= 15 is 0 Å². The Labute approximate surface area is 164 Å². The van der Waals surface area contributed by atoms with Gasteiger partial charge in [0.05, 0.1) is 7.11 Å². The van der Waals surface area contributed by atoms with Gasteiger partial charge in [-0.15, -0.1) is 0 Å².